The molecule has 0 bridgehead atoms. The van der Waals surface area contributed by atoms with E-state index >= 15 is 0 Å². The summed E-state index contributed by atoms with van der Waals surface area (Å²) in [5, 5.41) is 7.14. The van der Waals surface area contributed by atoms with Crippen LogP contribution >= 0.6 is 0 Å². The molecule has 0 fully saturated rings. The second kappa shape index (κ2) is 11.6. The van der Waals surface area contributed by atoms with Gasteiger partial charge in [-0.2, -0.15) is 21.8 Å². The van der Waals surface area contributed by atoms with Crippen LogP contribution in [-0.4, -0.2) is 60.3 Å². The van der Waals surface area contributed by atoms with Crippen LogP contribution in [0.2, 0.25) is 0 Å². The molecule has 14 nitrogen and oxygen atoms in total. The Morgan fingerprint density at radius 3 is 2.32 bits per heavy atom. The Morgan fingerprint density at radius 1 is 1.05 bits per heavy atom. The lowest BCUT2D eigenvalue weighted by molar-refractivity contribution is -0.698. The number of nitrogens with two attached hydrogens (primary N) is 3. The second-order valence-electron chi connectivity index (χ2n) is 7.95. The van der Waals surface area contributed by atoms with Gasteiger partial charge in [0.05, 0.1) is 11.9 Å². The van der Waals surface area contributed by atoms with Crippen LogP contribution in [0.25, 0.3) is 11.1 Å². The maximum atomic E-state index is 11.8. The summed E-state index contributed by atoms with van der Waals surface area (Å²) in [5.74, 6) is 5.09. The van der Waals surface area contributed by atoms with Gasteiger partial charge in [0.2, 0.25) is 11.4 Å². The SMILES string of the molecule is NC(N)=NC(N)=Nc1ccc(-c2cc[n+](CCO)cc2)c(C#CC2=CO[C@H](S(=O)(=O)O)[C@H](S(=O)(=O)O)C2)c1. The first-order valence-electron chi connectivity index (χ1n) is 10.7. The number of ether oxygens (including phenoxy) is 1. The largest absolute Gasteiger partial charge is 0.477 e. The lowest BCUT2D eigenvalue weighted by Crippen LogP contribution is -2.42. The summed E-state index contributed by atoms with van der Waals surface area (Å²) >= 11 is 0. The number of allylic oxidation sites excluding steroid dienone is 1. The third-order valence-electron chi connectivity index (χ3n) is 5.15. The number of rotatable bonds is 6. The van der Waals surface area contributed by atoms with Crippen LogP contribution in [0.15, 0.2) is 64.5 Å². The number of benzene rings is 1. The minimum Gasteiger partial charge on any atom is -0.477 e. The number of guanidine groups is 2. The monoisotopic (exact) mass is 565 g/mol. The number of hydrogen-bond acceptors (Lipinski definition) is 7. The predicted molar refractivity (Wildman–Crippen MR) is 138 cm³/mol. The standard InChI is InChI=1S/C22H24N6O8S2/c23-21(24)27-22(25)26-17-3-4-18(15-5-7-28(8-6-15)9-10-29)16(12-17)2-1-14-11-19(37(30,31)32)20(36-13-14)38(33,34)35/h3-8,12-13,19-20,29H,9-11H2,(H7,23,24,25,27,30,31,32,33,34,35)/p+1/t19-,20-/m1/s1. The Bertz CT molecular complexity index is 1570. The van der Waals surface area contributed by atoms with E-state index in [9.17, 15) is 25.9 Å². The fraction of sp³-hybridized carbons (Fsp3) is 0.227. The van der Waals surface area contributed by atoms with E-state index in [4.69, 9.17) is 27.0 Å². The van der Waals surface area contributed by atoms with Gasteiger partial charge in [-0.3, -0.25) is 9.11 Å². The van der Waals surface area contributed by atoms with Gasteiger partial charge in [0.25, 0.3) is 10.1 Å². The van der Waals surface area contributed by atoms with Crippen LogP contribution in [0.4, 0.5) is 5.69 Å². The highest BCUT2D eigenvalue weighted by molar-refractivity contribution is 7.90. The van der Waals surface area contributed by atoms with Gasteiger partial charge in [0, 0.05) is 29.7 Å². The number of hydrogen-bond donors (Lipinski definition) is 6. The average molecular weight is 566 g/mol. The van der Waals surface area contributed by atoms with Gasteiger partial charge < -0.3 is 27.0 Å². The molecule has 0 radical (unpaired) electrons. The fourth-order valence-electron chi connectivity index (χ4n) is 3.48. The third kappa shape index (κ3) is 7.50. The van der Waals surface area contributed by atoms with Crippen molar-refractivity contribution in [3.05, 3.63) is 60.1 Å². The molecule has 38 heavy (non-hydrogen) atoms. The second-order valence-corrected chi connectivity index (χ2v) is 11.1. The number of nitrogens with zero attached hydrogens (tertiary/aromatic N) is 3. The van der Waals surface area contributed by atoms with E-state index in [1.165, 1.54) is 0 Å². The summed E-state index contributed by atoms with van der Waals surface area (Å²) in [5.41, 5.74) is 16.3. The zero-order valence-electron chi connectivity index (χ0n) is 19.7. The number of aromatic nitrogens is 1. The quantitative estimate of drug-likeness (QED) is 0.0813. The van der Waals surface area contributed by atoms with Crippen LogP contribution in [0.5, 0.6) is 0 Å². The molecule has 2 atom stereocenters. The molecule has 2 aromatic rings. The van der Waals surface area contributed by atoms with Crippen molar-refractivity contribution in [1.29, 1.82) is 0 Å². The number of aliphatic imine (C=N–C) groups is 2. The summed E-state index contributed by atoms with van der Waals surface area (Å²) in [7, 11) is -9.87. The summed E-state index contributed by atoms with van der Waals surface area (Å²) in [6.07, 6.45) is 3.89. The van der Waals surface area contributed by atoms with Gasteiger partial charge in [-0.1, -0.05) is 17.9 Å². The minimum atomic E-state index is -4.95. The van der Waals surface area contributed by atoms with Crippen molar-refractivity contribution in [3.63, 3.8) is 0 Å². The Hall–Kier alpha value is -4.01. The van der Waals surface area contributed by atoms with Crippen molar-refractivity contribution in [2.24, 2.45) is 27.2 Å². The lowest BCUT2D eigenvalue weighted by atomic mass is 9.99. The van der Waals surface area contributed by atoms with Crippen LogP contribution in [0.3, 0.4) is 0 Å². The Labute approximate surface area is 218 Å². The van der Waals surface area contributed by atoms with Crippen molar-refractivity contribution in [2.75, 3.05) is 6.61 Å². The molecule has 0 saturated carbocycles. The van der Waals surface area contributed by atoms with Gasteiger partial charge in [0.15, 0.2) is 24.9 Å². The highest BCUT2D eigenvalue weighted by Crippen LogP contribution is 2.29. The van der Waals surface area contributed by atoms with Crippen molar-refractivity contribution < 1.29 is 40.4 Å². The summed E-state index contributed by atoms with van der Waals surface area (Å²) in [6, 6.07) is 8.50. The van der Waals surface area contributed by atoms with Crippen molar-refractivity contribution >= 4 is 37.8 Å². The van der Waals surface area contributed by atoms with E-state index in [-0.39, 0.29) is 24.1 Å². The highest BCUT2D eigenvalue weighted by atomic mass is 32.2. The topological polar surface area (TPSA) is 245 Å². The normalized spacial score (nSPS) is 18.0. The minimum absolute atomic E-state index is 0.0369. The van der Waals surface area contributed by atoms with E-state index < -0.39 is 37.3 Å². The Kier molecular flexibility index (Phi) is 8.70. The molecule has 1 aromatic heterocycles. The first-order chi connectivity index (χ1) is 17.8. The third-order valence-corrected chi connectivity index (χ3v) is 7.53. The van der Waals surface area contributed by atoms with E-state index in [2.05, 4.69) is 21.8 Å². The summed E-state index contributed by atoms with van der Waals surface area (Å²) < 4.78 is 72.0. The molecule has 0 unspecified atom stereocenters. The Balaban J connectivity index is 2.07. The average Bonchev–Trinajstić information content (AvgIpc) is 2.82. The van der Waals surface area contributed by atoms with Crippen LogP contribution in [0.1, 0.15) is 12.0 Å². The van der Waals surface area contributed by atoms with E-state index in [1.54, 1.807) is 47.3 Å². The van der Waals surface area contributed by atoms with Gasteiger partial charge in [-0.15, -0.1) is 0 Å². The zero-order chi connectivity index (χ0) is 28.1. The number of aliphatic hydroxyl groups is 1. The maximum absolute atomic E-state index is 11.8. The zero-order valence-corrected chi connectivity index (χ0v) is 21.3. The number of aliphatic hydroxyl groups excluding tert-OH is 1. The van der Waals surface area contributed by atoms with Crippen LogP contribution < -0.4 is 21.8 Å². The van der Waals surface area contributed by atoms with Crippen LogP contribution in [0, 0.1) is 11.8 Å². The first-order valence-corrected chi connectivity index (χ1v) is 13.8. The Morgan fingerprint density at radius 2 is 1.74 bits per heavy atom. The molecule has 1 aromatic carbocycles. The molecule has 2 heterocycles. The molecule has 0 spiro atoms. The fourth-order valence-corrected chi connectivity index (χ4v) is 5.74. The molecular weight excluding hydrogens is 540 g/mol. The van der Waals surface area contributed by atoms with E-state index in [1.807, 2.05) is 0 Å². The highest BCUT2D eigenvalue weighted by Gasteiger charge is 2.44. The maximum Gasteiger partial charge on any atom is 0.304 e. The molecule has 1 aliphatic rings. The van der Waals surface area contributed by atoms with E-state index in [0.29, 0.717) is 23.4 Å². The van der Waals surface area contributed by atoms with Gasteiger partial charge in [0.1, 0.15) is 11.9 Å². The summed E-state index contributed by atoms with van der Waals surface area (Å²) in [6.45, 7) is 0.364. The van der Waals surface area contributed by atoms with Gasteiger partial charge in [-0.05, 0) is 23.3 Å². The van der Waals surface area contributed by atoms with Crippen molar-refractivity contribution in [2.45, 2.75) is 23.7 Å². The molecular formula is C22H25N6O8S2+. The first kappa shape index (κ1) is 28.6. The molecule has 16 heteroatoms. The smallest absolute Gasteiger partial charge is 0.304 e. The molecule has 1 aliphatic heterocycles. The van der Waals surface area contributed by atoms with Crippen molar-refractivity contribution in [3.8, 4) is 23.0 Å². The molecule has 0 saturated heterocycles. The molecule has 9 N–H and O–H groups in total. The van der Waals surface area contributed by atoms with E-state index in [0.717, 1.165) is 11.8 Å². The molecule has 3 rings (SSSR count). The molecule has 0 amide bonds. The lowest BCUT2D eigenvalue weighted by Gasteiger charge is -2.25. The van der Waals surface area contributed by atoms with Gasteiger partial charge >= 0.3 is 10.1 Å². The van der Waals surface area contributed by atoms with Crippen molar-refractivity contribution in [1.82, 2.24) is 0 Å². The molecule has 0 aliphatic carbocycles. The summed E-state index contributed by atoms with van der Waals surface area (Å²) in [4.78, 5) is 7.76. The number of pyridine rings is 1. The molecule has 202 valence electrons. The predicted octanol–water partition coefficient (Wildman–Crippen LogP) is -1.02. The van der Waals surface area contributed by atoms with Crippen LogP contribution in [-0.2, 0) is 31.5 Å². The van der Waals surface area contributed by atoms with Gasteiger partial charge in [-0.25, -0.2) is 9.56 Å².